The number of benzene rings is 1. The molecule has 7 nitrogen and oxygen atoms in total. The molecule has 0 spiro atoms. The van der Waals surface area contributed by atoms with Gasteiger partial charge in [0.1, 0.15) is 10.8 Å². The zero-order valence-electron chi connectivity index (χ0n) is 13.7. The van der Waals surface area contributed by atoms with Gasteiger partial charge in [0.15, 0.2) is 5.82 Å². The Hall–Kier alpha value is -2.71. The van der Waals surface area contributed by atoms with Crippen LogP contribution in [0.4, 0.5) is 21.8 Å². The predicted molar refractivity (Wildman–Crippen MR) is 97.4 cm³/mol. The number of aliphatic hydroxyl groups is 1. The number of aromatic nitrogens is 4. The highest BCUT2D eigenvalue weighted by Crippen LogP contribution is 2.25. The van der Waals surface area contributed by atoms with E-state index in [9.17, 15) is 4.39 Å². The normalized spacial score (nSPS) is 11.0. The highest BCUT2D eigenvalue weighted by atomic mass is 35.5. The van der Waals surface area contributed by atoms with E-state index in [2.05, 4.69) is 32.6 Å². The second-order valence-electron chi connectivity index (χ2n) is 5.34. The zero-order chi connectivity index (χ0) is 18.5. The van der Waals surface area contributed by atoms with Crippen LogP contribution in [0.15, 0.2) is 42.9 Å². The van der Waals surface area contributed by atoms with E-state index in [0.717, 1.165) is 0 Å². The summed E-state index contributed by atoms with van der Waals surface area (Å²) >= 11 is 6.14. The van der Waals surface area contributed by atoms with Crippen molar-refractivity contribution in [1.29, 1.82) is 0 Å². The lowest BCUT2D eigenvalue weighted by atomic mass is 10.1. The van der Waals surface area contributed by atoms with Crippen molar-refractivity contribution in [2.45, 2.75) is 6.54 Å². The second kappa shape index (κ2) is 8.11. The van der Waals surface area contributed by atoms with Crippen molar-refractivity contribution in [2.75, 3.05) is 17.2 Å². The minimum Gasteiger partial charge on any atom is -0.394 e. The fourth-order valence-corrected chi connectivity index (χ4v) is 2.30. The van der Waals surface area contributed by atoms with Crippen LogP contribution < -0.4 is 10.6 Å². The summed E-state index contributed by atoms with van der Waals surface area (Å²) in [6.45, 7) is 4.31. The molecule has 1 aromatic carbocycles. The summed E-state index contributed by atoms with van der Waals surface area (Å²) in [5, 5.41) is 19.3. The lowest BCUT2D eigenvalue weighted by Gasteiger charge is -2.15. The number of anilines is 3. The Morgan fingerprint density at radius 2 is 2.04 bits per heavy atom. The standard InChI is InChI=1S/C17H16ClFN6O/c1-11(12-2-4-13(19)5-3-12)22-16-15(18)9-20-17(24-16)23-14-8-21-25(10-14)6-7-26/h2-5,8-10,26H,1,6-7H2,(H2,20,22,23,24). The molecule has 2 aromatic heterocycles. The molecule has 0 unspecified atom stereocenters. The second-order valence-corrected chi connectivity index (χ2v) is 5.75. The van der Waals surface area contributed by atoms with Crippen molar-refractivity contribution >= 4 is 29.1 Å². The van der Waals surface area contributed by atoms with E-state index in [0.29, 0.717) is 40.6 Å². The third kappa shape index (κ3) is 4.47. The smallest absolute Gasteiger partial charge is 0.229 e. The largest absolute Gasteiger partial charge is 0.394 e. The molecular weight excluding hydrogens is 359 g/mol. The van der Waals surface area contributed by atoms with Gasteiger partial charge in [-0.2, -0.15) is 10.1 Å². The fraction of sp³-hybridized carbons (Fsp3) is 0.118. The van der Waals surface area contributed by atoms with Crippen LogP contribution in [0.3, 0.4) is 0 Å². The molecule has 3 N–H and O–H groups in total. The van der Waals surface area contributed by atoms with Crippen molar-refractivity contribution in [3.63, 3.8) is 0 Å². The van der Waals surface area contributed by atoms with Crippen LogP contribution in [0.5, 0.6) is 0 Å². The van der Waals surface area contributed by atoms with Crippen LogP contribution in [-0.2, 0) is 6.54 Å². The van der Waals surface area contributed by atoms with Gasteiger partial charge >= 0.3 is 0 Å². The molecule has 0 aliphatic carbocycles. The number of hydrogen-bond donors (Lipinski definition) is 3. The average molecular weight is 375 g/mol. The molecule has 2 heterocycles. The van der Waals surface area contributed by atoms with Crippen molar-refractivity contribution < 1.29 is 9.50 Å². The Balaban J connectivity index is 1.73. The van der Waals surface area contributed by atoms with E-state index >= 15 is 0 Å². The molecule has 3 aromatic rings. The van der Waals surface area contributed by atoms with Crippen LogP contribution in [0.2, 0.25) is 5.02 Å². The van der Waals surface area contributed by atoms with E-state index in [4.69, 9.17) is 16.7 Å². The molecule has 0 aliphatic heterocycles. The lowest BCUT2D eigenvalue weighted by Crippen LogP contribution is -2.11. The van der Waals surface area contributed by atoms with Gasteiger partial charge in [-0.05, 0) is 24.6 Å². The Labute approximate surface area is 154 Å². The van der Waals surface area contributed by atoms with Gasteiger partial charge in [0, 0.05) is 6.20 Å². The SMILES string of the molecule is [CH2][C](Nc1nc(Nc2cnn(CCO)c2)ncc1Cl)c1ccc(F)cc1. The molecule has 0 atom stereocenters. The number of halogens is 2. The Morgan fingerprint density at radius 1 is 1.27 bits per heavy atom. The van der Waals surface area contributed by atoms with E-state index < -0.39 is 0 Å². The average Bonchev–Trinajstić information content (AvgIpc) is 3.06. The summed E-state index contributed by atoms with van der Waals surface area (Å²) in [6.07, 6.45) is 4.77. The van der Waals surface area contributed by atoms with Crippen LogP contribution in [-0.4, -0.2) is 31.5 Å². The summed E-state index contributed by atoms with van der Waals surface area (Å²) in [5.41, 5.74) is 1.38. The minimum absolute atomic E-state index is 0.00185. The molecule has 0 aliphatic rings. The summed E-state index contributed by atoms with van der Waals surface area (Å²) < 4.78 is 14.6. The molecule has 2 radical (unpaired) electrons. The van der Waals surface area contributed by atoms with Crippen LogP contribution >= 0.6 is 11.6 Å². The first-order valence-electron chi connectivity index (χ1n) is 7.70. The Morgan fingerprint density at radius 3 is 2.77 bits per heavy atom. The summed E-state index contributed by atoms with van der Waals surface area (Å²) in [7, 11) is 0. The van der Waals surface area contributed by atoms with Gasteiger partial charge < -0.3 is 15.7 Å². The number of nitrogens with one attached hydrogen (secondary N) is 2. The van der Waals surface area contributed by atoms with Crippen molar-refractivity contribution in [2.24, 2.45) is 0 Å². The topological polar surface area (TPSA) is 87.9 Å². The predicted octanol–water partition coefficient (Wildman–Crippen LogP) is 3.03. The molecule has 0 saturated heterocycles. The van der Waals surface area contributed by atoms with Crippen molar-refractivity contribution in [1.82, 2.24) is 19.7 Å². The number of hydrogen-bond acceptors (Lipinski definition) is 6. The molecule has 3 rings (SSSR count). The maximum atomic E-state index is 13.0. The minimum atomic E-state index is -0.324. The van der Waals surface area contributed by atoms with Crippen LogP contribution in [0.1, 0.15) is 5.56 Å². The molecule has 0 saturated carbocycles. The summed E-state index contributed by atoms with van der Waals surface area (Å²) in [6, 6.07) is 6.43. The van der Waals surface area contributed by atoms with Crippen molar-refractivity contribution in [3.8, 4) is 0 Å². The molecule has 0 amide bonds. The third-order valence-electron chi connectivity index (χ3n) is 3.42. The van der Waals surface area contributed by atoms with Crippen LogP contribution in [0.25, 0.3) is 0 Å². The van der Waals surface area contributed by atoms with Gasteiger partial charge in [-0.1, -0.05) is 23.7 Å². The van der Waals surface area contributed by atoms with Crippen molar-refractivity contribution in [3.05, 3.63) is 72.2 Å². The monoisotopic (exact) mass is 374 g/mol. The molecule has 26 heavy (non-hydrogen) atoms. The molecule has 134 valence electrons. The summed E-state index contributed by atoms with van der Waals surface area (Å²) in [5.74, 6) is 0.350. The zero-order valence-corrected chi connectivity index (χ0v) is 14.4. The maximum Gasteiger partial charge on any atom is 0.229 e. The van der Waals surface area contributed by atoms with Gasteiger partial charge in [0.05, 0.1) is 37.3 Å². The van der Waals surface area contributed by atoms with E-state index in [1.807, 2.05) is 0 Å². The van der Waals surface area contributed by atoms with Gasteiger partial charge in [0.2, 0.25) is 5.95 Å². The Bertz CT molecular complexity index is 870. The quantitative estimate of drug-likeness (QED) is 0.589. The first-order valence-corrected chi connectivity index (χ1v) is 8.07. The van der Waals surface area contributed by atoms with Gasteiger partial charge in [-0.25, -0.2) is 9.37 Å². The number of nitrogens with zero attached hydrogens (tertiary/aromatic N) is 4. The maximum absolute atomic E-state index is 13.0. The molecule has 9 heteroatoms. The number of aliphatic hydroxyl groups excluding tert-OH is 1. The number of rotatable bonds is 7. The molecule has 0 fully saturated rings. The van der Waals surface area contributed by atoms with Gasteiger partial charge in [-0.3, -0.25) is 4.68 Å². The highest BCUT2D eigenvalue weighted by molar-refractivity contribution is 6.32. The van der Waals surface area contributed by atoms with E-state index in [1.54, 1.807) is 29.2 Å². The fourth-order valence-electron chi connectivity index (χ4n) is 2.16. The molecule has 0 bridgehead atoms. The van der Waals surface area contributed by atoms with Crippen LogP contribution in [0, 0.1) is 18.8 Å². The first kappa shape index (κ1) is 18.1. The Kier molecular flexibility index (Phi) is 5.65. The third-order valence-corrected chi connectivity index (χ3v) is 3.70. The first-order chi connectivity index (χ1) is 12.5. The molecular formula is C17H16ClFN6O. The lowest BCUT2D eigenvalue weighted by molar-refractivity contribution is 0.269. The van der Waals surface area contributed by atoms with Gasteiger partial charge in [0.25, 0.3) is 0 Å². The van der Waals surface area contributed by atoms with Gasteiger partial charge in [-0.15, -0.1) is 0 Å². The summed E-state index contributed by atoms with van der Waals surface area (Å²) in [4.78, 5) is 8.44. The highest BCUT2D eigenvalue weighted by Gasteiger charge is 2.12. The van der Waals surface area contributed by atoms with E-state index in [-0.39, 0.29) is 12.4 Å². The van der Waals surface area contributed by atoms with E-state index in [1.165, 1.54) is 18.3 Å².